The molecule has 6 heterocycles. The van der Waals surface area contributed by atoms with Crippen LogP contribution in [-0.2, 0) is 87.0 Å². The van der Waals surface area contributed by atoms with E-state index in [0.717, 1.165) is 33.4 Å². The van der Waals surface area contributed by atoms with Crippen LogP contribution in [0.15, 0.2) is 206 Å². The van der Waals surface area contributed by atoms with Gasteiger partial charge in [0.1, 0.15) is 60.4 Å². The lowest BCUT2D eigenvalue weighted by Gasteiger charge is -2.52. The van der Waals surface area contributed by atoms with Crippen molar-refractivity contribution in [2.24, 2.45) is 0 Å². The number of hydrogen-bond acceptors (Lipinski definition) is 10. The monoisotopic (exact) mass is 914 g/mol. The van der Waals surface area contributed by atoms with Crippen LogP contribution in [0.25, 0.3) is 0 Å². The fourth-order valence-electron chi connectivity index (χ4n) is 9.27. The van der Waals surface area contributed by atoms with Crippen LogP contribution in [-0.4, -0.2) is 74.3 Å². The van der Waals surface area contributed by atoms with Crippen LogP contribution in [0.5, 0.6) is 0 Å². The molecule has 12 rings (SSSR count). The van der Waals surface area contributed by atoms with Crippen molar-refractivity contribution in [1.29, 1.82) is 0 Å². The lowest BCUT2D eigenvalue weighted by Crippen LogP contribution is -2.66. The van der Waals surface area contributed by atoms with E-state index in [1.54, 1.807) is 0 Å². The summed E-state index contributed by atoms with van der Waals surface area (Å²) < 4.78 is 67.5. The molecule has 6 aliphatic rings. The summed E-state index contributed by atoms with van der Waals surface area (Å²) in [6.07, 6.45) is -1.27. The summed E-state index contributed by atoms with van der Waals surface area (Å²) >= 11 is 0. The molecular formula is C58H58O10. The van der Waals surface area contributed by atoms with Gasteiger partial charge in [-0.3, -0.25) is 0 Å². The van der Waals surface area contributed by atoms with Gasteiger partial charge in [-0.25, -0.2) is 0 Å². The molecule has 6 aromatic rings. The van der Waals surface area contributed by atoms with Crippen molar-refractivity contribution in [2.45, 2.75) is 101 Å². The summed E-state index contributed by atoms with van der Waals surface area (Å²) in [5.74, 6) is 1.21. The second-order valence-electron chi connectivity index (χ2n) is 17.5. The summed E-state index contributed by atoms with van der Waals surface area (Å²) in [6, 6.07) is 60.9. The molecule has 6 aromatic carbocycles. The van der Waals surface area contributed by atoms with Gasteiger partial charge in [-0.05, 0) is 45.5 Å². The minimum absolute atomic E-state index is 0.306. The molecule has 4 bridgehead atoms. The van der Waals surface area contributed by atoms with Gasteiger partial charge in [0.05, 0.1) is 52.9 Å². The predicted octanol–water partition coefficient (Wildman–Crippen LogP) is 9.86. The van der Waals surface area contributed by atoms with Crippen molar-refractivity contribution >= 4 is 0 Å². The van der Waals surface area contributed by atoms with Gasteiger partial charge in [-0.1, -0.05) is 182 Å². The maximum absolute atomic E-state index is 6.95. The minimum atomic E-state index is -0.625. The lowest BCUT2D eigenvalue weighted by atomic mass is 9.88. The minimum Gasteiger partial charge on any atom is -0.486 e. The van der Waals surface area contributed by atoms with Gasteiger partial charge < -0.3 is 47.4 Å². The Hall–Kier alpha value is -5.92. The Morgan fingerprint density at radius 2 is 0.588 bits per heavy atom. The Bertz CT molecular complexity index is 2320. The zero-order valence-electron chi connectivity index (χ0n) is 38.0. The van der Waals surface area contributed by atoms with Gasteiger partial charge in [-0.15, -0.1) is 0 Å². The van der Waals surface area contributed by atoms with Gasteiger partial charge >= 0.3 is 0 Å². The Kier molecular flexibility index (Phi) is 15.5. The first kappa shape index (κ1) is 45.8. The van der Waals surface area contributed by atoms with E-state index in [9.17, 15) is 0 Å². The van der Waals surface area contributed by atoms with E-state index in [1.165, 1.54) is 0 Å². The second kappa shape index (κ2) is 22.9. The SMILES string of the molecule is C(/C=C1\O[C@H]2[C@@H](OCc3ccccc3)[C@@H](OCc3ccccc3)[C@@H]1O[C@@H]2COCc1ccccc1)=C1O[C@H]2[C@@H](OCc3ccccc3)[C@@H](OCc3ccccc3)[C@@H]1O[C@@H]2COCc1ccccc1. The van der Waals surface area contributed by atoms with Crippen LogP contribution in [0.3, 0.4) is 0 Å². The van der Waals surface area contributed by atoms with E-state index in [2.05, 4.69) is 72.8 Å². The molecule has 6 saturated heterocycles. The Balaban J connectivity index is 0.944. The molecule has 6 aliphatic heterocycles. The van der Waals surface area contributed by atoms with Gasteiger partial charge in [0, 0.05) is 0 Å². The number of fused-ring (bicyclic) bond motifs is 6. The Morgan fingerprint density at radius 1 is 0.324 bits per heavy atom. The third-order valence-corrected chi connectivity index (χ3v) is 12.7. The second-order valence-corrected chi connectivity index (χ2v) is 17.5. The third-order valence-electron chi connectivity index (χ3n) is 12.7. The summed E-state index contributed by atoms with van der Waals surface area (Å²) in [5.41, 5.74) is 6.35. The molecule has 10 nitrogen and oxygen atoms in total. The molecule has 350 valence electrons. The lowest BCUT2D eigenvalue weighted by molar-refractivity contribution is -0.299. The average Bonchev–Trinajstić information content (AvgIpc) is 3.40. The highest BCUT2D eigenvalue weighted by Gasteiger charge is 2.57. The molecule has 0 unspecified atom stereocenters. The van der Waals surface area contributed by atoms with Crippen molar-refractivity contribution in [3.8, 4) is 0 Å². The van der Waals surface area contributed by atoms with Crippen molar-refractivity contribution in [1.82, 2.24) is 0 Å². The largest absolute Gasteiger partial charge is 0.486 e. The summed E-state index contributed by atoms with van der Waals surface area (Å²) in [5, 5.41) is 0. The zero-order valence-corrected chi connectivity index (χ0v) is 38.0. The van der Waals surface area contributed by atoms with Gasteiger partial charge in [0.2, 0.25) is 0 Å². The van der Waals surface area contributed by atoms with Gasteiger partial charge in [-0.2, -0.15) is 0 Å². The molecule has 0 saturated carbocycles. The molecule has 0 aromatic heterocycles. The summed E-state index contributed by atoms with van der Waals surface area (Å²) in [4.78, 5) is 0. The van der Waals surface area contributed by atoms with E-state index >= 15 is 0 Å². The molecule has 6 fully saturated rings. The highest BCUT2D eigenvalue weighted by atomic mass is 16.7. The number of ether oxygens (including phenoxy) is 10. The molecule has 0 aliphatic carbocycles. The number of benzene rings is 6. The highest BCUT2D eigenvalue weighted by Crippen LogP contribution is 2.43. The van der Waals surface area contributed by atoms with E-state index in [1.807, 2.05) is 121 Å². The highest BCUT2D eigenvalue weighted by molar-refractivity contribution is 5.27. The Labute approximate surface area is 398 Å². The number of allylic oxidation sites excluding steroid dienone is 2. The van der Waals surface area contributed by atoms with Crippen molar-refractivity contribution in [3.63, 3.8) is 0 Å². The van der Waals surface area contributed by atoms with Crippen molar-refractivity contribution < 1.29 is 47.4 Å². The quantitative estimate of drug-likeness (QED) is 0.0695. The first-order valence-corrected chi connectivity index (χ1v) is 23.6. The number of hydrogen-bond donors (Lipinski definition) is 0. The van der Waals surface area contributed by atoms with E-state index in [-0.39, 0.29) is 0 Å². The fourth-order valence-corrected chi connectivity index (χ4v) is 9.27. The Morgan fingerprint density at radius 3 is 0.882 bits per heavy atom. The number of rotatable bonds is 21. The smallest absolute Gasteiger partial charge is 0.155 e. The standard InChI is InChI=1S/C58H58O10/c1-7-19-41(20-8-1)33-59-39-49-53-57(63-37-45-27-15-5-16-28-45)55(61-35-43-23-11-3-12-24-43)51(67-49)47(65-53)31-32-48-52-56(62-36-44-25-13-4-14-26-44)58(64-38-46-29-17-6-18-30-46)54(66-48)50(68-52)40-60-34-42-21-9-2-10-22-42/h1-32,49-58H,33-40H2/b47-31-,48-32?/t49-,50-,51-,52-,53-,54-,55+,56+,57-,58-/m1/s1. The molecule has 0 radical (unpaired) electrons. The summed E-state index contributed by atoms with van der Waals surface area (Å²) in [7, 11) is 0. The molecule has 0 N–H and O–H groups in total. The van der Waals surface area contributed by atoms with Crippen LogP contribution < -0.4 is 0 Å². The van der Waals surface area contributed by atoms with Gasteiger partial charge in [0.15, 0.2) is 12.2 Å². The molecule has 10 atom stereocenters. The maximum Gasteiger partial charge on any atom is 0.155 e. The van der Waals surface area contributed by atoms with Gasteiger partial charge in [0.25, 0.3) is 0 Å². The van der Waals surface area contributed by atoms with Crippen molar-refractivity contribution in [3.05, 3.63) is 239 Å². The summed E-state index contributed by atoms with van der Waals surface area (Å²) in [6.45, 7) is 2.99. The molecule has 10 heteroatoms. The van der Waals surface area contributed by atoms with Crippen LogP contribution in [0.2, 0.25) is 0 Å². The van der Waals surface area contributed by atoms with E-state index in [0.29, 0.717) is 64.4 Å². The van der Waals surface area contributed by atoms with Crippen LogP contribution in [0.4, 0.5) is 0 Å². The normalized spacial score (nSPS) is 27.2. The van der Waals surface area contributed by atoms with Crippen LogP contribution in [0, 0.1) is 0 Å². The molecule has 0 amide bonds. The van der Waals surface area contributed by atoms with Crippen LogP contribution >= 0.6 is 0 Å². The maximum atomic E-state index is 6.95. The van der Waals surface area contributed by atoms with Crippen molar-refractivity contribution in [2.75, 3.05) is 13.2 Å². The average molecular weight is 915 g/mol. The first-order valence-electron chi connectivity index (χ1n) is 23.6. The van der Waals surface area contributed by atoms with E-state index in [4.69, 9.17) is 47.4 Å². The van der Waals surface area contributed by atoms with E-state index < -0.39 is 61.0 Å². The zero-order chi connectivity index (χ0) is 45.7. The predicted molar refractivity (Wildman–Crippen MR) is 256 cm³/mol. The molecular weight excluding hydrogens is 857 g/mol. The molecule has 68 heavy (non-hydrogen) atoms. The topological polar surface area (TPSA) is 92.3 Å². The van der Waals surface area contributed by atoms with Crippen LogP contribution in [0.1, 0.15) is 33.4 Å². The third kappa shape index (κ3) is 11.5. The fraction of sp³-hybridized carbons (Fsp3) is 0.310. The molecule has 0 spiro atoms. The first-order chi connectivity index (χ1) is 33.7.